The second-order valence-corrected chi connectivity index (χ2v) is 5.03. The number of ketones is 1. The SMILES string of the molecule is CC(=O)c1ccc(Cc2cc3ccccc3oc2=O)cc1. The van der Waals surface area contributed by atoms with Crippen LogP contribution in [0.1, 0.15) is 28.4 Å². The average Bonchev–Trinajstić information content (AvgIpc) is 2.48. The van der Waals surface area contributed by atoms with E-state index in [0.717, 1.165) is 10.9 Å². The van der Waals surface area contributed by atoms with Gasteiger partial charge in [-0.15, -0.1) is 0 Å². The van der Waals surface area contributed by atoms with Crippen LogP contribution in [0, 0.1) is 0 Å². The summed E-state index contributed by atoms with van der Waals surface area (Å²) in [7, 11) is 0. The van der Waals surface area contributed by atoms with E-state index in [1.54, 1.807) is 18.2 Å². The molecule has 104 valence electrons. The van der Waals surface area contributed by atoms with Crippen molar-refractivity contribution in [2.45, 2.75) is 13.3 Å². The van der Waals surface area contributed by atoms with Crippen LogP contribution in [0.3, 0.4) is 0 Å². The van der Waals surface area contributed by atoms with Crippen molar-refractivity contribution in [1.82, 2.24) is 0 Å². The molecular weight excluding hydrogens is 264 g/mol. The van der Waals surface area contributed by atoms with Gasteiger partial charge in [-0.3, -0.25) is 4.79 Å². The van der Waals surface area contributed by atoms with Crippen molar-refractivity contribution < 1.29 is 9.21 Å². The minimum atomic E-state index is -0.315. The van der Waals surface area contributed by atoms with E-state index in [-0.39, 0.29) is 11.4 Å². The Balaban J connectivity index is 1.95. The standard InChI is InChI=1S/C18H14O3/c1-12(19)14-8-6-13(7-9-14)10-16-11-15-4-2-3-5-17(15)21-18(16)20/h2-9,11H,10H2,1H3. The predicted molar refractivity (Wildman–Crippen MR) is 81.7 cm³/mol. The second-order valence-electron chi connectivity index (χ2n) is 5.03. The van der Waals surface area contributed by atoms with Crippen LogP contribution in [-0.2, 0) is 6.42 Å². The topological polar surface area (TPSA) is 47.3 Å². The number of hydrogen-bond acceptors (Lipinski definition) is 3. The third kappa shape index (κ3) is 2.77. The Hall–Kier alpha value is -2.68. The molecule has 0 saturated carbocycles. The zero-order valence-electron chi connectivity index (χ0n) is 11.6. The van der Waals surface area contributed by atoms with Gasteiger partial charge in [-0.25, -0.2) is 4.79 Å². The highest BCUT2D eigenvalue weighted by atomic mass is 16.4. The lowest BCUT2D eigenvalue weighted by Crippen LogP contribution is -2.07. The van der Waals surface area contributed by atoms with E-state index in [4.69, 9.17) is 4.42 Å². The lowest BCUT2D eigenvalue weighted by Gasteiger charge is -2.03. The van der Waals surface area contributed by atoms with E-state index in [9.17, 15) is 9.59 Å². The van der Waals surface area contributed by atoms with E-state index < -0.39 is 0 Å². The normalized spacial score (nSPS) is 10.7. The molecule has 0 spiro atoms. The van der Waals surface area contributed by atoms with Crippen LogP contribution in [0.5, 0.6) is 0 Å². The number of carbonyl (C=O) groups is 1. The zero-order chi connectivity index (χ0) is 14.8. The number of benzene rings is 2. The van der Waals surface area contributed by atoms with Gasteiger partial charge in [0.05, 0.1) is 0 Å². The van der Waals surface area contributed by atoms with Crippen molar-refractivity contribution in [3.63, 3.8) is 0 Å². The van der Waals surface area contributed by atoms with Crippen molar-refractivity contribution in [1.29, 1.82) is 0 Å². The summed E-state index contributed by atoms with van der Waals surface area (Å²) in [4.78, 5) is 23.2. The molecule has 0 atom stereocenters. The molecule has 21 heavy (non-hydrogen) atoms. The molecule has 3 heteroatoms. The molecule has 3 aromatic rings. The van der Waals surface area contributed by atoms with Crippen LogP contribution in [0.15, 0.2) is 63.8 Å². The van der Waals surface area contributed by atoms with Crippen LogP contribution in [0.2, 0.25) is 0 Å². The summed E-state index contributed by atoms with van der Waals surface area (Å²) < 4.78 is 5.32. The molecule has 3 nitrogen and oxygen atoms in total. The summed E-state index contributed by atoms with van der Waals surface area (Å²) in [6, 6.07) is 16.6. The van der Waals surface area contributed by atoms with Gasteiger partial charge in [0.2, 0.25) is 0 Å². The number of fused-ring (bicyclic) bond motifs is 1. The summed E-state index contributed by atoms with van der Waals surface area (Å²) in [5.41, 5.74) is 2.54. The van der Waals surface area contributed by atoms with Crippen LogP contribution < -0.4 is 5.63 Å². The van der Waals surface area contributed by atoms with Crippen LogP contribution >= 0.6 is 0 Å². The number of carbonyl (C=O) groups excluding carboxylic acids is 1. The molecule has 0 saturated heterocycles. The van der Waals surface area contributed by atoms with Gasteiger partial charge in [0, 0.05) is 22.9 Å². The Bertz CT molecular complexity index is 858. The Morgan fingerprint density at radius 1 is 1.05 bits per heavy atom. The molecule has 0 amide bonds. The Labute approximate surface area is 121 Å². The van der Waals surface area contributed by atoms with Crippen LogP contribution in [0.4, 0.5) is 0 Å². The Morgan fingerprint density at radius 3 is 2.48 bits per heavy atom. The van der Waals surface area contributed by atoms with Gasteiger partial charge in [-0.05, 0) is 24.6 Å². The smallest absolute Gasteiger partial charge is 0.339 e. The summed E-state index contributed by atoms with van der Waals surface area (Å²) in [5, 5.41) is 0.910. The zero-order valence-corrected chi connectivity index (χ0v) is 11.6. The third-order valence-corrected chi connectivity index (χ3v) is 3.47. The molecule has 0 bridgehead atoms. The highest BCUT2D eigenvalue weighted by Gasteiger charge is 2.06. The highest BCUT2D eigenvalue weighted by molar-refractivity contribution is 5.94. The van der Waals surface area contributed by atoms with Gasteiger partial charge in [0.25, 0.3) is 0 Å². The molecule has 2 aromatic carbocycles. The maximum Gasteiger partial charge on any atom is 0.339 e. The first-order chi connectivity index (χ1) is 10.1. The maximum absolute atomic E-state index is 12.0. The summed E-state index contributed by atoms with van der Waals surface area (Å²) in [6.45, 7) is 1.53. The maximum atomic E-state index is 12.0. The van der Waals surface area contributed by atoms with Crippen LogP contribution in [-0.4, -0.2) is 5.78 Å². The van der Waals surface area contributed by atoms with E-state index in [0.29, 0.717) is 23.1 Å². The monoisotopic (exact) mass is 278 g/mol. The molecule has 0 aliphatic rings. The second kappa shape index (κ2) is 5.37. The van der Waals surface area contributed by atoms with Crippen molar-refractivity contribution in [2.75, 3.05) is 0 Å². The molecule has 0 aliphatic carbocycles. The molecule has 0 radical (unpaired) electrons. The minimum Gasteiger partial charge on any atom is -0.423 e. The fraction of sp³-hybridized carbons (Fsp3) is 0.111. The van der Waals surface area contributed by atoms with E-state index >= 15 is 0 Å². The Morgan fingerprint density at radius 2 is 1.76 bits per heavy atom. The quantitative estimate of drug-likeness (QED) is 0.543. The minimum absolute atomic E-state index is 0.0340. The highest BCUT2D eigenvalue weighted by Crippen LogP contribution is 2.15. The van der Waals surface area contributed by atoms with E-state index in [2.05, 4.69) is 0 Å². The average molecular weight is 278 g/mol. The van der Waals surface area contributed by atoms with Gasteiger partial charge in [0.15, 0.2) is 5.78 Å². The van der Waals surface area contributed by atoms with Crippen molar-refractivity contribution >= 4 is 16.8 Å². The third-order valence-electron chi connectivity index (χ3n) is 3.47. The molecule has 1 heterocycles. The number of hydrogen-bond donors (Lipinski definition) is 0. The van der Waals surface area contributed by atoms with Gasteiger partial charge in [0.1, 0.15) is 5.58 Å². The summed E-state index contributed by atoms with van der Waals surface area (Å²) in [5.74, 6) is 0.0340. The fourth-order valence-corrected chi connectivity index (χ4v) is 2.31. The molecule has 3 rings (SSSR count). The molecule has 1 aromatic heterocycles. The first-order valence-corrected chi connectivity index (χ1v) is 6.75. The van der Waals surface area contributed by atoms with Gasteiger partial charge in [-0.2, -0.15) is 0 Å². The van der Waals surface area contributed by atoms with E-state index in [1.807, 2.05) is 36.4 Å². The first kappa shape index (κ1) is 13.3. The number of para-hydroxylation sites is 1. The van der Waals surface area contributed by atoms with Crippen molar-refractivity contribution in [2.24, 2.45) is 0 Å². The molecule has 0 unspecified atom stereocenters. The Kier molecular flexibility index (Phi) is 3.40. The molecule has 0 N–H and O–H groups in total. The number of rotatable bonds is 3. The molecular formula is C18H14O3. The van der Waals surface area contributed by atoms with Gasteiger partial charge >= 0.3 is 5.63 Å². The largest absolute Gasteiger partial charge is 0.423 e. The van der Waals surface area contributed by atoms with Gasteiger partial charge in [-0.1, -0.05) is 42.5 Å². The lowest BCUT2D eigenvalue weighted by atomic mass is 10.0. The lowest BCUT2D eigenvalue weighted by molar-refractivity contribution is 0.101. The number of Topliss-reactive ketones (excluding diaryl/α,β-unsaturated/α-hetero) is 1. The van der Waals surface area contributed by atoms with Gasteiger partial charge < -0.3 is 4.42 Å². The molecule has 0 fully saturated rings. The van der Waals surface area contributed by atoms with Crippen molar-refractivity contribution in [3.05, 3.63) is 81.7 Å². The van der Waals surface area contributed by atoms with Crippen LogP contribution in [0.25, 0.3) is 11.0 Å². The summed E-state index contributed by atoms with van der Waals surface area (Å²) >= 11 is 0. The summed E-state index contributed by atoms with van der Waals surface area (Å²) in [6.07, 6.45) is 0.491. The fourth-order valence-electron chi connectivity index (χ4n) is 2.31. The first-order valence-electron chi connectivity index (χ1n) is 6.75. The molecule has 0 aliphatic heterocycles. The van der Waals surface area contributed by atoms with Crippen molar-refractivity contribution in [3.8, 4) is 0 Å². The van der Waals surface area contributed by atoms with E-state index in [1.165, 1.54) is 6.92 Å². The predicted octanol–water partition coefficient (Wildman–Crippen LogP) is 3.59.